The number of hydrogen-bond donors (Lipinski definition) is 1. The molecule has 2 aliphatic heterocycles. The summed E-state index contributed by atoms with van der Waals surface area (Å²) in [7, 11) is 0. The average molecular weight is 482 g/mol. The van der Waals surface area contributed by atoms with Crippen molar-refractivity contribution >= 4 is 29.3 Å². The highest BCUT2D eigenvalue weighted by Crippen LogP contribution is 2.35. The summed E-state index contributed by atoms with van der Waals surface area (Å²) in [5.41, 5.74) is 1.15. The minimum atomic E-state index is -1.16. The zero-order valence-electron chi connectivity index (χ0n) is 21.0. The Morgan fingerprint density at radius 2 is 1.80 bits per heavy atom. The summed E-state index contributed by atoms with van der Waals surface area (Å²) in [5.74, 6) is 0.910. The minimum Gasteiger partial charge on any atom is -0.467 e. The Hall–Kier alpha value is -3.11. The van der Waals surface area contributed by atoms with E-state index >= 15 is 0 Å². The maximum atomic E-state index is 13.1. The molecule has 2 aromatic heterocycles. The van der Waals surface area contributed by atoms with Gasteiger partial charge in [-0.25, -0.2) is 9.97 Å². The number of carbonyl (C=O) groups excluding carboxylic acids is 2. The number of amides is 1. The van der Waals surface area contributed by atoms with Gasteiger partial charge in [-0.3, -0.25) is 19.4 Å². The topological polar surface area (TPSA) is 104 Å². The van der Waals surface area contributed by atoms with Crippen molar-refractivity contribution in [3.05, 3.63) is 30.1 Å². The van der Waals surface area contributed by atoms with Gasteiger partial charge in [-0.15, -0.1) is 0 Å². The number of likely N-dealkylation sites (N-methyl/N-ethyl adjacent to an activating group) is 1. The summed E-state index contributed by atoms with van der Waals surface area (Å²) in [4.78, 5) is 45.0. The maximum Gasteiger partial charge on any atom is 0.277 e. The van der Waals surface area contributed by atoms with Gasteiger partial charge in [0, 0.05) is 45.0 Å². The number of piperazine rings is 1. The second-order valence-electron chi connectivity index (χ2n) is 9.06. The highest BCUT2D eigenvalue weighted by molar-refractivity contribution is 6.12. The Balaban J connectivity index is 1.48. The van der Waals surface area contributed by atoms with Crippen LogP contribution in [0.15, 0.2) is 24.5 Å². The van der Waals surface area contributed by atoms with Crippen LogP contribution in [0.5, 0.6) is 5.75 Å². The standard InChI is InChI=1S/C25H35N7O3/c1-5-19(6-2)32-23-20(35-22(17(4)33)24(32)34)15-27-25(29-23)28-21-9-8-18(14-26-21)16-31-12-10-30(7-3)11-13-31/h8-9,14-15,19,22H,5-7,10-13,16H2,1-4H3,(H,26,27,28,29). The lowest BCUT2D eigenvalue weighted by atomic mass is 10.1. The Labute approximate surface area is 206 Å². The highest BCUT2D eigenvalue weighted by Gasteiger charge is 2.41. The van der Waals surface area contributed by atoms with Crippen LogP contribution in [0.3, 0.4) is 0 Å². The molecule has 10 heteroatoms. The van der Waals surface area contributed by atoms with Crippen molar-refractivity contribution < 1.29 is 14.3 Å². The Bertz CT molecular complexity index is 1030. The lowest BCUT2D eigenvalue weighted by Gasteiger charge is -2.36. The average Bonchev–Trinajstić information content (AvgIpc) is 2.87. The third kappa shape index (κ3) is 5.59. The molecule has 1 N–H and O–H groups in total. The van der Waals surface area contributed by atoms with Crippen LogP contribution in [0, 0.1) is 0 Å². The Morgan fingerprint density at radius 1 is 1.09 bits per heavy atom. The molecule has 1 amide bonds. The molecule has 1 unspecified atom stereocenters. The van der Waals surface area contributed by atoms with Crippen LogP contribution in [-0.2, 0) is 16.1 Å². The Morgan fingerprint density at radius 3 is 2.40 bits per heavy atom. The molecule has 1 fully saturated rings. The molecule has 1 saturated heterocycles. The minimum absolute atomic E-state index is 0.0913. The monoisotopic (exact) mass is 481 g/mol. The van der Waals surface area contributed by atoms with Gasteiger partial charge in [-0.2, -0.15) is 4.98 Å². The number of nitrogens with zero attached hydrogens (tertiary/aromatic N) is 6. The van der Waals surface area contributed by atoms with Crippen molar-refractivity contribution in [3.8, 4) is 5.75 Å². The predicted octanol–water partition coefficient (Wildman–Crippen LogP) is 2.62. The molecule has 0 bridgehead atoms. The first-order chi connectivity index (χ1) is 16.9. The summed E-state index contributed by atoms with van der Waals surface area (Å²) in [6.07, 6.45) is 3.68. The van der Waals surface area contributed by atoms with Crippen LogP contribution in [0.1, 0.15) is 46.1 Å². The number of ether oxygens (including phenoxy) is 1. The van der Waals surface area contributed by atoms with Gasteiger partial charge in [0.05, 0.1) is 6.20 Å². The molecule has 0 aliphatic carbocycles. The van der Waals surface area contributed by atoms with E-state index in [-0.39, 0.29) is 17.7 Å². The summed E-state index contributed by atoms with van der Waals surface area (Å²) < 4.78 is 5.67. The van der Waals surface area contributed by atoms with Crippen LogP contribution in [0.4, 0.5) is 17.6 Å². The van der Waals surface area contributed by atoms with Gasteiger partial charge in [-0.05, 0) is 37.9 Å². The number of nitrogens with one attached hydrogen (secondary N) is 1. The first-order valence-corrected chi connectivity index (χ1v) is 12.5. The molecule has 0 saturated carbocycles. The molecule has 2 aromatic rings. The Kier molecular flexibility index (Phi) is 7.92. The summed E-state index contributed by atoms with van der Waals surface area (Å²) in [5, 5.41) is 3.13. The van der Waals surface area contributed by atoms with E-state index in [4.69, 9.17) is 4.74 Å². The third-order valence-corrected chi connectivity index (χ3v) is 6.73. The molecule has 2 aliphatic rings. The number of carbonyl (C=O) groups is 2. The molecule has 1 atom stereocenters. The largest absolute Gasteiger partial charge is 0.467 e. The quantitative estimate of drug-likeness (QED) is 0.541. The molecule has 0 aromatic carbocycles. The second kappa shape index (κ2) is 11.1. The van der Waals surface area contributed by atoms with E-state index in [0.717, 1.165) is 57.7 Å². The summed E-state index contributed by atoms with van der Waals surface area (Å²) >= 11 is 0. The van der Waals surface area contributed by atoms with Gasteiger partial charge in [0.15, 0.2) is 17.4 Å². The number of Topliss-reactive ketones (excluding diaryl/α,β-unsaturated/α-hetero) is 1. The van der Waals surface area contributed by atoms with Crippen LogP contribution >= 0.6 is 0 Å². The van der Waals surface area contributed by atoms with Crippen LogP contribution in [-0.4, -0.2) is 81.3 Å². The highest BCUT2D eigenvalue weighted by atomic mass is 16.5. The first-order valence-electron chi connectivity index (χ1n) is 12.5. The van der Waals surface area contributed by atoms with Crippen molar-refractivity contribution in [1.29, 1.82) is 0 Å². The first kappa shape index (κ1) is 25.0. The normalized spacial score (nSPS) is 18.9. The van der Waals surface area contributed by atoms with Crippen molar-refractivity contribution in [2.75, 3.05) is 42.9 Å². The molecular formula is C25H35N7O3. The van der Waals surface area contributed by atoms with E-state index in [1.165, 1.54) is 13.1 Å². The van der Waals surface area contributed by atoms with Gasteiger partial charge >= 0.3 is 0 Å². The zero-order chi connectivity index (χ0) is 24.9. The van der Waals surface area contributed by atoms with E-state index in [2.05, 4.69) is 43.1 Å². The maximum absolute atomic E-state index is 13.1. The van der Waals surface area contributed by atoms with E-state index < -0.39 is 6.10 Å². The number of fused-ring (bicyclic) bond motifs is 1. The molecule has 188 valence electrons. The number of ketones is 1. The zero-order valence-corrected chi connectivity index (χ0v) is 21.0. The van der Waals surface area contributed by atoms with Crippen LogP contribution in [0.2, 0.25) is 0 Å². The number of anilines is 3. The third-order valence-electron chi connectivity index (χ3n) is 6.73. The lowest BCUT2D eigenvalue weighted by Crippen LogP contribution is -2.53. The van der Waals surface area contributed by atoms with Crippen LogP contribution < -0.4 is 15.0 Å². The van der Waals surface area contributed by atoms with E-state index in [9.17, 15) is 9.59 Å². The number of aromatic nitrogens is 3. The molecule has 4 heterocycles. The molecule has 4 rings (SSSR count). The fourth-order valence-corrected chi connectivity index (χ4v) is 4.58. The van der Waals surface area contributed by atoms with Gasteiger partial charge in [0.1, 0.15) is 5.82 Å². The molecular weight excluding hydrogens is 446 g/mol. The number of hydrogen-bond acceptors (Lipinski definition) is 9. The van der Waals surface area contributed by atoms with Gasteiger partial charge in [0.25, 0.3) is 5.91 Å². The number of pyridine rings is 1. The van der Waals surface area contributed by atoms with Crippen molar-refractivity contribution in [2.45, 2.75) is 59.2 Å². The van der Waals surface area contributed by atoms with Crippen LogP contribution in [0.25, 0.3) is 0 Å². The number of rotatable bonds is 9. The molecule has 0 spiro atoms. The van der Waals surface area contributed by atoms with Crippen molar-refractivity contribution in [1.82, 2.24) is 24.8 Å². The molecule has 10 nitrogen and oxygen atoms in total. The van der Waals surface area contributed by atoms with E-state index in [1.54, 1.807) is 4.90 Å². The van der Waals surface area contributed by atoms with E-state index in [0.29, 0.717) is 23.3 Å². The fourth-order valence-electron chi connectivity index (χ4n) is 4.58. The fraction of sp³-hybridized carbons (Fsp3) is 0.560. The summed E-state index contributed by atoms with van der Waals surface area (Å²) in [6.45, 7) is 13.9. The SMILES string of the molecule is CCC(CC)N1C(=O)C(C(C)=O)Oc2cnc(Nc3ccc(CN4CCN(CC)CC4)cn3)nc21. The smallest absolute Gasteiger partial charge is 0.277 e. The second-order valence-corrected chi connectivity index (χ2v) is 9.06. The lowest BCUT2D eigenvalue weighted by molar-refractivity contribution is -0.136. The summed E-state index contributed by atoms with van der Waals surface area (Å²) in [6, 6.07) is 3.87. The molecule has 35 heavy (non-hydrogen) atoms. The van der Waals surface area contributed by atoms with Gasteiger partial charge < -0.3 is 15.0 Å². The molecule has 0 radical (unpaired) electrons. The predicted molar refractivity (Wildman–Crippen MR) is 134 cm³/mol. The van der Waals surface area contributed by atoms with Crippen molar-refractivity contribution in [2.24, 2.45) is 0 Å². The van der Waals surface area contributed by atoms with Gasteiger partial charge in [-0.1, -0.05) is 26.8 Å². The van der Waals surface area contributed by atoms with Gasteiger partial charge in [0.2, 0.25) is 12.1 Å². The van der Waals surface area contributed by atoms with E-state index in [1.807, 2.05) is 26.1 Å². The van der Waals surface area contributed by atoms with Crippen molar-refractivity contribution in [3.63, 3.8) is 0 Å².